The first-order valence-corrected chi connectivity index (χ1v) is 11.5. The second-order valence-corrected chi connectivity index (χ2v) is 9.88. The van der Waals surface area contributed by atoms with E-state index < -0.39 is 0 Å². The number of anilines is 1. The van der Waals surface area contributed by atoms with Crippen molar-refractivity contribution in [2.45, 2.75) is 45.1 Å². The molecule has 168 valence electrons. The molecule has 6 heteroatoms. The summed E-state index contributed by atoms with van der Waals surface area (Å²) >= 11 is 0. The molecular weight excluding hydrogens is 407 g/mol. The molecule has 4 bridgehead atoms. The minimum absolute atomic E-state index is 0.0232. The molecular formula is C26H29FN2O3. The first-order valence-electron chi connectivity index (χ1n) is 11.5. The normalized spacial score (nSPS) is 27.7. The molecule has 2 aromatic carbocycles. The summed E-state index contributed by atoms with van der Waals surface area (Å²) in [5.41, 5.74) is 1.24. The zero-order valence-electron chi connectivity index (χ0n) is 18.1. The van der Waals surface area contributed by atoms with E-state index in [-0.39, 0.29) is 36.2 Å². The Bertz CT molecular complexity index is 986. The van der Waals surface area contributed by atoms with Gasteiger partial charge in [0.25, 0.3) is 0 Å². The zero-order chi connectivity index (χ0) is 22.1. The highest BCUT2D eigenvalue weighted by atomic mass is 19.1. The second-order valence-electron chi connectivity index (χ2n) is 9.88. The lowest BCUT2D eigenvalue weighted by molar-refractivity contribution is -0.146. The molecule has 5 nitrogen and oxygen atoms in total. The topological polar surface area (TPSA) is 67.4 Å². The number of hydrogen-bond donors (Lipinski definition) is 2. The standard InChI is InChI=1S/C26H29FN2O3/c27-21-4-2-6-23(11-21)32-16-17-3-1-5-22(10-17)29-24(30)15-28-25(31)26-12-18-7-19(13-26)9-20(8-18)14-26/h1-6,10-11,18-20H,7-9,12-16H2,(H,28,31)(H,29,30). The van der Waals surface area contributed by atoms with Gasteiger partial charge in [0.05, 0.1) is 6.54 Å². The maximum Gasteiger partial charge on any atom is 0.243 e. The van der Waals surface area contributed by atoms with E-state index in [9.17, 15) is 14.0 Å². The van der Waals surface area contributed by atoms with E-state index in [2.05, 4.69) is 10.6 Å². The summed E-state index contributed by atoms with van der Waals surface area (Å²) in [6, 6.07) is 13.3. The monoisotopic (exact) mass is 436 g/mol. The van der Waals surface area contributed by atoms with Crippen LogP contribution < -0.4 is 15.4 Å². The van der Waals surface area contributed by atoms with Crippen molar-refractivity contribution in [1.29, 1.82) is 0 Å². The van der Waals surface area contributed by atoms with Crippen molar-refractivity contribution >= 4 is 17.5 Å². The van der Waals surface area contributed by atoms with E-state index in [0.29, 0.717) is 29.2 Å². The maximum absolute atomic E-state index is 13.3. The van der Waals surface area contributed by atoms with E-state index in [1.807, 2.05) is 18.2 Å². The van der Waals surface area contributed by atoms with Gasteiger partial charge in [0.1, 0.15) is 18.2 Å². The van der Waals surface area contributed by atoms with Crippen LogP contribution in [0.15, 0.2) is 48.5 Å². The Morgan fingerprint density at radius 1 is 0.969 bits per heavy atom. The van der Waals surface area contributed by atoms with E-state index in [4.69, 9.17) is 4.74 Å². The fraction of sp³-hybridized carbons (Fsp3) is 0.462. The van der Waals surface area contributed by atoms with Crippen molar-refractivity contribution in [2.75, 3.05) is 11.9 Å². The van der Waals surface area contributed by atoms with Crippen molar-refractivity contribution in [3.63, 3.8) is 0 Å². The molecule has 0 unspecified atom stereocenters. The van der Waals surface area contributed by atoms with Gasteiger partial charge in [0.15, 0.2) is 0 Å². The molecule has 0 aliphatic heterocycles. The van der Waals surface area contributed by atoms with Crippen molar-refractivity contribution in [1.82, 2.24) is 5.32 Å². The molecule has 0 spiro atoms. The Balaban J connectivity index is 1.13. The van der Waals surface area contributed by atoms with E-state index >= 15 is 0 Å². The van der Waals surface area contributed by atoms with Gasteiger partial charge in [-0.05, 0) is 86.1 Å². The summed E-state index contributed by atoms with van der Waals surface area (Å²) in [5, 5.41) is 5.76. The summed E-state index contributed by atoms with van der Waals surface area (Å²) in [7, 11) is 0. The number of rotatable bonds is 7. The summed E-state index contributed by atoms with van der Waals surface area (Å²) in [6.45, 7) is 0.237. The SMILES string of the molecule is O=C(CNC(=O)C12CC3CC(CC(C3)C1)C2)Nc1cccc(COc2cccc(F)c2)c1. The number of amides is 2. The largest absolute Gasteiger partial charge is 0.489 e. The molecule has 4 fully saturated rings. The van der Waals surface area contributed by atoms with Crippen molar-refractivity contribution in [2.24, 2.45) is 23.2 Å². The van der Waals surface area contributed by atoms with Gasteiger partial charge in [0.2, 0.25) is 11.8 Å². The van der Waals surface area contributed by atoms with Crippen LogP contribution >= 0.6 is 0 Å². The number of carbonyl (C=O) groups excluding carboxylic acids is 2. The number of ether oxygens (including phenoxy) is 1. The van der Waals surface area contributed by atoms with Gasteiger partial charge in [-0.25, -0.2) is 4.39 Å². The number of benzene rings is 2. The Morgan fingerprint density at radius 3 is 2.34 bits per heavy atom. The highest BCUT2D eigenvalue weighted by molar-refractivity contribution is 5.95. The first kappa shape index (κ1) is 21.0. The van der Waals surface area contributed by atoms with Crippen molar-refractivity contribution < 1.29 is 18.7 Å². The van der Waals surface area contributed by atoms with Crippen LogP contribution in [0.3, 0.4) is 0 Å². The lowest BCUT2D eigenvalue weighted by Gasteiger charge is -2.55. The van der Waals surface area contributed by atoms with Crippen LogP contribution in [0, 0.1) is 29.0 Å². The Morgan fingerprint density at radius 2 is 1.66 bits per heavy atom. The number of hydrogen-bond acceptors (Lipinski definition) is 3. The van der Waals surface area contributed by atoms with Crippen molar-refractivity contribution in [3.05, 3.63) is 59.9 Å². The number of carbonyl (C=O) groups is 2. The highest BCUT2D eigenvalue weighted by Gasteiger charge is 2.54. The average molecular weight is 437 g/mol. The van der Waals surface area contributed by atoms with Crippen LogP contribution in [0.5, 0.6) is 5.75 Å². The van der Waals surface area contributed by atoms with Gasteiger partial charge in [-0.2, -0.15) is 0 Å². The predicted octanol–water partition coefficient (Wildman–Crippen LogP) is 4.68. The molecule has 6 rings (SSSR count). The first-order chi connectivity index (χ1) is 15.5. The molecule has 0 heterocycles. The van der Waals surface area contributed by atoms with Gasteiger partial charge >= 0.3 is 0 Å². The number of nitrogens with one attached hydrogen (secondary N) is 2. The van der Waals surface area contributed by atoms with Gasteiger partial charge in [0, 0.05) is 17.2 Å². The third kappa shape index (κ3) is 4.50. The second kappa shape index (κ2) is 8.57. The zero-order valence-corrected chi connectivity index (χ0v) is 18.1. The maximum atomic E-state index is 13.3. The molecule has 2 N–H and O–H groups in total. The van der Waals surface area contributed by atoms with Crippen LogP contribution in [0.1, 0.15) is 44.1 Å². The summed E-state index contributed by atoms with van der Waals surface area (Å²) in [5.74, 6) is 2.00. The van der Waals surface area contributed by atoms with Gasteiger partial charge in [-0.1, -0.05) is 18.2 Å². The minimum Gasteiger partial charge on any atom is -0.489 e. The van der Waals surface area contributed by atoms with E-state index in [0.717, 1.165) is 24.8 Å². The predicted molar refractivity (Wildman–Crippen MR) is 119 cm³/mol. The van der Waals surface area contributed by atoms with Gasteiger partial charge in [-0.3, -0.25) is 9.59 Å². The Kier molecular flexibility index (Phi) is 5.62. The quantitative estimate of drug-likeness (QED) is 0.663. The van der Waals surface area contributed by atoms with Crippen molar-refractivity contribution in [3.8, 4) is 5.75 Å². The lowest BCUT2D eigenvalue weighted by atomic mass is 9.49. The summed E-state index contributed by atoms with van der Waals surface area (Å²) in [4.78, 5) is 25.5. The van der Waals surface area contributed by atoms with E-state index in [1.54, 1.807) is 18.2 Å². The van der Waals surface area contributed by atoms with Crippen LogP contribution in [-0.2, 0) is 16.2 Å². The van der Waals surface area contributed by atoms with Crippen LogP contribution in [0.2, 0.25) is 0 Å². The minimum atomic E-state index is -0.348. The molecule has 0 aromatic heterocycles. The fourth-order valence-corrected chi connectivity index (χ4v) is 6.40. The van der Waals surface area contributed by atoms with Crippen LogP contribution in [-0.4, -0.2) is 18.4 Å². The molecule has 0 radical (unpaired) electrons. The van der Waals surface area contributed by atoms with Gasteiger partial charge in [-0.15, -0.1) is 0 Å². The molecule has 0 saturated heterocycles. The smallest absolute Gasteiger partial charge is 0.243 e. The fourth-order valence-electron chi connectivity index (χ4n) is 6.40. The van der Waals surface area contributed by atoms with Crippen LogP contribution in [0.25, 0.3) is 0 Å². The third-order valence-corrected chi connectivity index (χ3v) is 7.34. The molecule has 4 aliphatic carbocycles. The molecule has 2 aromatic rings. The highest BCUT2D eigenvalue weighted by Crippen LogP contribution is 2.60. The third-order valence-electron chi connectivity index (χ3n) is 7.34. The molecule has 2 amide bonds. The Labute approximate surface area is 187 Å². The summed E-state index contributed by atoms with van der Waals surface area (Å²) in [6.07, 6.45) is 6.81. The molecule has 4 aliphatic rings. The molecule has 4 saturated carbocycles. The van der Waals surface area contributed by atoms with Gasteiger partial charge < -0.3 is 15.4 Å². The van der Waals surface area contributed by atoms with E-state index in [1.165, 1.54) is 31.4 Å². The molecule has 32 heavy (non-hydrogen) atoms. The summed E-state index contributed by atoms with van der Waals surface area (Å²) < 4.78 is 18.9. The lowest BCUT2D eigenvalue weighted by Crippen LogP contribution is -2.54. The average Bonchev–Trinajstić information content (AvgIpc) is 2.75. The van der Waals surface area contributed by atoms with Crippen LogP contribution in [0.4, 0.5) is 10.1 Å². The number of halogens is 1. The Hall–Kier alpha value is -2.89. The molecule has 0 atom stereocenters.